The Bertz CT molecular complexity index is 2000. The summed E-state index contributed by atoms with van der Waals surface area (Å²) in [6, 6.07) is 12.4. The van der Waals surface area contributed by atoms with Gasteiger partial charge in [-0.05, 0) is 50.1 Å². The fourth-order valence-electron chi connectivity index (χ4n) is 5.18. The molecular weight excluding hydrogens is 614 g/mol. The molecular formula is C33H33N3O9S. The van der Waals surface area contributed by atoms with Gasteiger partial charge in [-0.25, -0.2) is 9.79 Å². The molecule has 1 atom stereocenters. The van der Waals surface area contributed by atoms with Crippen LogP contribution in [0.1, 0.15) is 43.2 Å². The van der Waals surface area contributed by atoms with Crippen LogP contribution in [-0.2, 0) is 14.3 Å². The summed E-state index contributed by atoms with van der Waals surface area (Å²) in [5.41, 5.74) is 2.10. The first-order valence-electron chi connectivity index (χ1n) is 14.5. The zero-order chi connectivity index (χ0) is 33.0. The molecule has 0 N–H and O–H groups in total. The van der Waals surface area contributed by atoms with Gasteiger partial charge in [-0.2, -0.15) is 0 Å². The number of thiazole rings is 1. The molecule has 4 aromatic rings. The van der Waals surface area contributed by atoms with Crippen molar-refractivity contribution in [3.63, 3.8) is 0 Å². The molecule has 0 saturated carbocycles. The van der Waals surface area contributed by atoms with E-state index in [4.69, 9.17) is 23.4 Å². The van der Waals surface area contributed by atoms with Crippen molar-refractivity contribution in [3.8, 4) is 22.8 Å². The number of esters is 1. The Kier molecular flexibility index (Phi) is 9.83. The smallest absolute Gasteiger partial charge is 0.338 e. The highest BCUT2D eigenvalue weighted by Gasteiger charge is 2.36. The maximum atomic E-state index is 14.2. The minimum atomic E-state index is -0.926. The lowest BCUT2D eigenvalue weighted by atomic mass is 9.94. The van der Waals surface area contributed by atoms with Gasteiger partial charge in [0.15, 0.2) is 16.3 Å². The third kappa shape index (κ3) is 6.37. The molecule has 1 aliphatic rings. The van der Waals surface area contributed by atoms with Crippen LogP contribution >= 0.6 is 11.3 Å². The van der Waals surface area contributed by atoms with Crippen LogP contribution in [0.25, 0.3) is 17.4 Å². The number of carbonyl (C=O) groups is 1. The fourth-order valence-corrected chi connectivity index (χ4v) is 6.21. The quantitative estimate of drug-likeness (QED) is 0.0925. The Morgan fingerprint density at radius 2 is 1.93 bits per heavy atom. The molecule has 0 bridgehead atoms. The number of allylic oxidation sites excluding steroid dienone is 1. The topological polar surface area (TPSA) is 145 Å². The van der Waals surface area contributed by atoms with E-state index in [1.54, 1.807) is 56.3 Å². The minimum Gasteiger partial charge on any atom is -0.493 e. The van der Waals surface area contributed by atoms with E-state index in [1.165, 1.54) is 30.9 Å². The molecule has 1 aliphatic heterocycles. The van der Waals surface area contributed by atoms with Crippen molar-refractivity contribution < 1.29 is 33.1 Å². The summed E-state index contributed by atoms with van der Waals surface area (Å²) < 4.78 is 30.2. The highest BCUT2D eigenvalue weighted by atomic mass is 32.1. The second kappa shape index (κ2) is 14.0. The molecule has 46 heavy (non-hydrogen) atoms. The van der Waals surface area contributed by atoms with Crippen molar-refractivity contribution in [2.45, 2.75) is 33.2 Å². The summed E-state index contributed by atoms with van der Waals surface area (Å²) in [5, 5.41) is 11.2. The molecule has 0 fully saturated rings. The average Bonchev–Trinajstić information content (AvgIpc) is 3.62. The van der Waals surface area contributed by atoms with Crippen LogP contribution in [0.15, 0.2) is 74.0 Å². The van der Waals surface area contributed by atoms with E-state index in [0.29, 0.717) is 61.3 Å². The van der Waals surface area contributed by atoms with Gasteiger partial charge in [0, 0.05) is 36.4 Å². The predicted molar refractivity (Wildman–Crippen MR) is 171 cm³/mol. The number of aromatic nitrogens is 1. The number of fused-ring (bicyclic) bond motifs is 1. The Morgan fingerprint density at radius 1 is 1.13 bits per heavy atom. The molecule has 0 aliphatic carbocycles. The monoisotopic (exact) mass is 647 g/mol. The number of ether oxygens (including phenoxy) is 4. The van der Waals surface area contributed by atoms with Gasteiger partial charge in [0.2, 0.25) is 0 Å². The Hall–Kier alpha value is -5.01. The molecule has 0 radical (unpaired) electrons. The second-order valence-electron chi connectivity index (χ2n) is 10.4. The number of benzene rings is 2. The van der Waals surface area contributed by atoms with E-state index in [2.05, 4.69) is 4.99 Å². The van der Waals surface area contributed by atoms with Crippen LogP contribution in [0.3, 0.4) is 0 Å². The largest absolute Gasteiger partial charge is 0.493 e. The predicted octanol–water partition coefficient (Wildman–Crippen LogP) is 4.70. The van der Waals surface area contributed by atoms with Gasteiger partial charge in [-0.1, -0.05) is 30.4 Å². The highest BCUT2D eigenvalue weighted by molar-refractivity contribution is 7.07. The van der Waals surface area contributed by atoms with Crippen molar-refractivity contribution in [2.75, 3.05) is 34.0 Å². The van der Waals surface area contributed by atoms with E-state index < -0.39 is 22.5 Å². The van der Waals surface area contributed by atoms with E-state index in [9.17, 15) is 19.7 Å². The van der Waals surface area contributed by atoms with Crippen molar-refractivity contribution in [3.05, 3.63) is 106 Å². The zero-order valence-electron chi connectivity index (χ0n) is 26.0. The van der Waals surface area contributed by atoms with Gasteiger partial charge >= 0.3 is 5.97 Å². The van der Waals surface area contributed by atoms with Gasteiger partial charge < -0.3 is 23.4 Å². The van der Waals surface area contributed by atoms with Gasteiger partial charge in [-0.15, -0.1) is 0 Å². The Labute approximate surface area is 268 Å². The first-order chi connectivity index (χ1) is 22.2. The maximum Gasteiger partial charge on any atom is 0.338 e. The molecule has 5 rings (SSSR count). The summed E-state index contributed by atoms with van der Waals surface area (Å²) in [6.45, 7) is 6.06. The Balaban J connectivity index is 1.64. The third-order valence-corrected chi connectivity index (χ3v) is 8.31. The first-order valence-corrected chi connectivity index (χ1v) is 15.3. The molecule has 13 heteroatoms. The van der Waals surface area contributed by atoms with E-state index in [0.717, 1.165) is 17.8 Å². The number of hydrogen-bond donors (Lipinski definition) is 0. The van der Waals surface area contributed by atoms with E-state index >= 15 is 0 Å². The number of methoxy groups -OCH3 is 2. The van der Waals surface area contributed by atoms with Crippen LogP contribution in [0.4, 0.5) is 5.69 Å². The normalized spacial score (nSPS) is 14.5. The number of nitrogens with zero attached hydrogens (tertiary/aromatic N) is 3. The van der Waals surface area contributed by atoms with E-state index in [-0.39, 0.29) is 24.5 Å². The van der Waals surface area contributed by atoms with Crippen LogP contribution in [0, 0.1) is 17.0 Å². The molecule has 3 heterocycles. The number of rotatable bonds is 12. The van der Waals surface area contributed by atoms with Crippen molar-refractivity contribution in [1.29, 1.82) is 0 Å². The molecule has 2 aromatic carbocycles. The summed E-state index contributed by atoms with van der Waals surface area (Å²) >= 11 is 1.16. The van der Waals surface area contributed by atoms with Crippen LogP contribution in [-0.4, -0.2) is 49.5 Å². The number of hydrogen-bond acceptors (Lipinski definition) is 11. The molecule has 12 nitrogen and oxygen atoms in total. The summed E-state index contributed by atoms with van der Waals surface area (Å²) in [6.07, 6.45) is 2.34. The van der Waals surface area contributed by atoms with Gasteiger partial charge in [0.1, 0.15) is 24.2 Å². The number of aryl methyl sites for hydroxylation is 1. The minimum absolute atomic E-state index is 0.0137. The van der Waals surface area contributed by atoms with Crippen molar-refractivity contribution >= 4 is 29.1 Å². The summed E-state index contributed by atoms with van der Waals surface area (Å²) in [4.78, 5) is 43.5. The number of para-hydroxylation sites is 1. The number of furan rings is 1. The Morgan fingerprint density at radius 3 is 2.63 bits per heavy atom. The zero-order valence-corrected chi connectivity index (χ0v) is 26.8. The second-order valence-corrected chi connectivity index (χ2v) is 11.4. The van der Waals surface area contributed by atoms with Crippen LogP contribution < -0.4 is 24.4 Å². The number of nitro benzene ring substituents is 1. The lowest BCUT2D eigenvalue weighted by Crippen LogP contribution is -2.40. The molecule has 0 spiro atoms. The SMILES string of the molecule is CCCOc1c(OC)cccc1[C@@H]1C(C(=O)OCCOC)=C(C)N=c2s/c(=C/c3ccc(-c4ccc([N+](=O)[O-])cc4C)o3)c(=O)n21. The van der Waals surface area contributed by atoms with Crippen LogP contribution in [0.5, 0.6) is 11.5 Å². The van der Waals surface area contributed by atoms with E-state index in [1.807, 2.05) is 6.92 Å². The van der Waals surface area contributed by atoms with Gasteiger partial charge in [0.25, 0.3) is 11.2 Å². The first kappa shape index (κ1) is 32.4. The lowest BCUT2D eigenvalue weighted by Gasteiger charge is -2.27. The number of carbonyl (C=O) groups excluding carboxylic acids is 1. The molecule has 0 unspecified atom stereocenters. The lowest BCUT2D eigenvalue weighted by molar-refractivity contribution is -0.384. The highest BCUT2D eigenvalue weighted by Crippen LogP contribution is 2.41. The number of nitro groups is 1. The fraction of sp³-hybridized carbons (Fsp3) is 0.303. The molecule has 2 aromatic heterocycles. The average molecular weight is 648 g/mol. The van der Waals surface area contributed by atoms with Crippen molar-refractivity contribution in [1.82, 2.24) is 4.57 Å². The van der Waals surface area contributed by atoms with Crippen molar-refractivity contribution in [2.24, 2.45) is 4.99 Å². The summed E-state index contributed by atoms with van der Waals surface area (Å²) in [5.74, 6) is 1.14. The number of non-ortho nitro benzene ring substituents is 1. The molecule has 0 saturated heterocycles. The molecule has 240 valence electrons. The standard InChI is InChI=1S/C33H33N3O9S/c1-6-14-43-30-24(8-7-9-26(30)42-5)29-28(32(38)44-16-15-41-4)20(3)34-33-35(29)31(37)27(46-33)18-22-11-13-25(45-22)23-12-10-21(36(39)40)17-19(23)2/h7-13,17-18,29H,6,14-16H2,1-5H3/b27-18+/t29-/m1/s1. The third-order valence-electron chi connectivity index (χ3n) is 7.32. The van der Waals surface area contributed by atoms with Crippen LogP contribution in [0.2, 0.25) is 0 Å². The van der Waals surface area contributed by atoms with Gasteiger partial charge in [0.05, 0.1) is 41.0 Å². The maximum absolute atomic E-state index is 14.2. The molecule has 0 amide bonds. The summed E-state index contributed by atoms with van der Waals surface area (Å²) in [7, 11) is 3.04. The van der Waals surface area contributed by atoms with Gasteiger partial charge in [-0.3, -0.25) is 19.5 Å².